The van der Waals surface area contributed by atoms with Crippen molar-refractivity contribution in [3.8, 4) is 11.4 Å². The van der Waals surface area contributed by atoms with E-state index in [0.29, 0.717) is 27.5 Å². The molecular weight excluding hydrogens is 401 g/mol. The van der Waals surface area contributed by atoms with Gasteiger partial charge in [-0.15, -0.1) is 0 Å². The molecule has 0 radical (unpaired) electrons. The molecule has 98 valence electrons. The Bertz CT molecular complexity index is 659. The highest BCUT2D eigenvalue weighted by molar-refractivity contribution is 14.1. The molecule has 0 atom stereocenters. The van der Waals surface area contributed by atoms with Crippen molar-refractivity contribution >= 4 is 45.8 Å². The Labute approximate surface area is 133 Å². The van der Waals surface area contributed by atoms with Crippen LogP contribution in [0.5, 0.6) is 0 Å². The van der Waals surface area contributed by atoms with Crippen LogP contribution in [0.25, 0.3) is 11.4 Å². The largest absolute Gasteiger partial charge is 0.232 e. The van der Waals surface area contributed by atoms with E-state index in [1.807, 2.05) is 0 Å². The highest BCUT2D eigenvalue weighted by Gasteiger charge is 2.29. The van der Waals surface area contributed by atoms with Crippen molar-refractivity contribution < 1.29 is 4.39 Å². The highest BCUT2D eigenvalue weighted by atomic mass is 127. The number of aromatic nitrogens is 2. The van der Waals surface area contributed by atoms with Gasteiger partial charge in [0, 0.05) is 11.5 Å². The average Bonchev–Trinajstić information content (AvgIpc) is 3.17. The second-order valence-corrected chi connectivity index (χ2v) is 6.28. The van der Waals surface area contributed by atoms with E-state index in [1.165, 1.54) is 12.1 Å². The van der Waals surface area contributed by atoms with Gasteiger partial charge in [0.05, 0.1) is 14.3 Å². The SMILES string of the molecule is Fc1ccc(-c2nc(Cl)c(I)c(C3CC3)n2)c(Cl)c1. The maximum atomic E-state index is 13.1. The summed E-state index contributed by atoms with van der Waals surface area (Å²) < 4.78 is 14.0. The molecule has 6 heteroatoms. The Kier molecular flexibility index (Phi) is 3.66. The van der Waals surface area contributed by atoms with Gasteiger partial charge in [-0.2, -0.15) is 0 Å². The Morgan fingerprint density at radius 3 is 2.58 bits per heavy atom. The number of rotatable bonds is 2. The molecule has 0 aliphatic heterocycles. The first-order valence-corrected chi connectivity index (χ1v) is 7.58. The predicted molar refractivity (Wildman–Crippen MR) is 82.1 cm³/mol. The van der Waals surface area contributed by atoms with Crippen molar-refractivity contribution in [3.05, 3.63) is 43.5 Å². The van der Waals surface area contributed by atoms with Crippen LogP contribution in [0.3, 0.4) is 0 Å². The van der Waals surface area contributed by atoms with Gasteiger partial charge in [-0.05, 0) is 53.6 Å². The van der Waals surface area contributed by atoms with Gasteiger partial charge in [0.15, 0.2) is 5.82 Å². The first-order valence-electron chi connectivity index (χ1n) is 5.74. The Hall–Kier alpha value is -0.460. The highest BCUT2D eigenvalue weighted by Crippen LogP contribution is 2.43. The molecular formula is C13H8Cl2FIN2. The van der Waals surface area contributed by atoms with E-state index in [2.05, 4.69) is 32.6 Å². The van der Waals surface area contributed by atoms with Crippen LogP contribution in [0, 0.1) is 9.39 Å². The van der Waals surface area contributed by atoms with E-state index in [9.17, 15) is 4.39 Å². The van der Waals surface area contributed by atoms with E-state index in [1.54, 1.807) is 6.07 Å². The van der Waals surface area contributed by atoms with E-state index in [0.717, 1.165) is 22.1 Å². The lowest BCUT2D eigenvalue weighted by Crippen LogP contribution is -2.00. The molecule has 1 aromatic carbocycles. The average molecular weight is 409 g/mol. The minimum atomic E-state index is -0.382. The molecule has 1 heterocycles. The molecule has 1 aromatic heterocycles. The van der Waals surface area contributed by atoms with Crippen LogP contribution in [0.2, 0.25) is 10.2 Å². The lowest BCUT2D eigenvalue weighted by molar-refractivity contribution is 0.628. The van der Waals surface area contributed by atoms with Gasteiger partial charge >= 0.3 is 0 Å². The zero-order valence-electron chi connectivity index (χ0n) is 9.63. The Morgan fingerprint density at radius 1 is 1.21 bits per heavy atom. The summed E-state index contributed by atoms with van der Waals surface area (Å²) in [5.41, 5.74) is 1.57. The zero-order chi connectivity index (χ0) is 13.6. The van der Waals surface area contributed by atoms with Crippen LogP contribution < -0.4 is 0 Å². The molecule has 0 unspecified atom stereocenters. The summed E-state index contributed by atoms with van der Waals surface area (Å²) in [6, 6.07) is 4.17. The van der Waals surface area contributed by atoms with Crippen molar-refractivity contribution in [2.45, 2.75) is 18.8 Å². The summed E-state index contributed by atoms with van der Waals surface area (Å²) >= 11 is 14.3. The maximum absolute atomic E-state index is 13.1. The summed E-state index contributed by atoms with van der Waals surface area (Å²) in [5, 5.41) is 0.715. The van der Waals surface area contributed by atoms with Gasteiger partial charge in [-0.3, -0.25) is 0 Å². The summed E-state index contributed by atoms with van der Waals surface area (Å²) in [7, 11) is 0. The standard InChI is InChI=1S/C13H8Cl2FIN2/c14-9-5-7(16)3-4-8(9)13-18-11(6-1-2-6)10(17)12(15)19-13/h3-6H,1-2H2. The number of halogens is 4. The quantitative estimate of drug-likeness (QED) is 0.512. The first-order chi connectivity index (χ1) is 9.06. The van der Waals surface area contributed by atoms with E-state index in [4.69, 9.17) is 23.2 Å². The fourth-order valence-electron chi connectivity index (χ4n) is 1.85. The second kappa shape index (κ2) is 5.14. The number of benzene rings is 1. The smallest absolute Gasteiger partial charge is 0.162 e. The van der Waals surface area contributed by atoms with Crippen molar-refractivity contribution in [2.24, 2.45) is 0 Å². The maximum Gasteiger partial charge on any atom is 0.162 e. The summed E-state index contributed by atoms with van der Waals surface area (Å²) in [5.74, 6) is 0.537. The van der Waals surface area contributed by atoms with Crippen molar-refractivity contribution in [3.63, 3.8) is 0 Å². The third-order valence-corrected chi connectivity index (χ3v) is 4.94. The first kappa shape index (κ1) is 13.5. The van der Waals surface area contributed by atoms with Crippen molar-refractivity contribution in [1.29, 1.82) is 0 Å². The van der Waals surface area contributed by atoms with Crippen LogP contribution in [0.1, 0.15) is 24.5 Å². The number of hydrogen-bond donors (Lipinski definition) is 0. The topological polar surface area (TPSA) is 25.8 Å². The van der Waals surface area contributed by atoms with E-state index >= 15 is 0 Å². The van der Waals surface area contributed by atoms with Gasteiger partial charge in [-0.25, -0.2) is 14.4 Å². The molecule has 1 saturated carbocycles. The Morgan fingerprint density at radius 2 is 1.95 bits per heavy atom. The molecule has 1 aliphatic carbocycles. The van der Waals surface area contributed by atoms with Crippen LogP contribution in [-0.2, 0) is 0 Å². The lowest BCUT2D eigenvalue weighted by Gasteiger charge is -2.08. The summed E-state index contributed by atoms with van der Waals surface area (Å²) in [6.45, 7) is 0. The van der Waals surface area contributed by atoms with Crippen LogP contribution >= 0.6 is 45.8 Å². The predicted octanol–water partition coefficient (Wildman–Crippen LogP) is 5.07. The normalized spacial score (nSPS) is 14.7. The number of nitrogens with zero attached hydrogens (tertiary/aromatic N) is 2. The van der Waals surface area contributed by atoms with Gasteiger partial charge in [0.2, 0.25) is 0 Å². The molecule has 2 aromatic rings. The third-order valence-electron chi connectivity index (χ3n) is 2.97. The molecule has 0 N–H and O–H groups in total. The summed E-state index contributed by atoms with van der Waals surface area (Å²) in [4.78, 5) is 8.79. The summed E-state index contributed by atoms with van der Waals surface area (Å²) in [6.07, 6.45) is 2.25. The fourth-order valence-corrected chi connectivity index (χ4v) is 2.96. The van der Waals surface area contributed by atoms with Gasteiger partial charge in [-0.1, -0.05) is 23.2 Å². The molecule has 19 heavy (non-hydrogen) atoms. The van der Waals surface area contributed by atoms with E-state index in [-0.39, 0.29) is 5.82 Å². The van der Waals surface area contributed by atoms with Gasteiger partial charge in [0.25, 0.3) is 0 Å². The fraction of sp³-hybridized carbons (Fsp3) is 0.231. The molecule has 0 amide bonds. The molecule has 0 saturated heterocycles. The molecule has 3 rings (SSSR count). The van der Waals surface area contributed by atoms with E-state index < -0.39 is 0 Å². The molecule has 0 spiro atoms. The molecule has 2 nitrogen and oxygen atoms in total. The van der Waals surface area contributed by atoms with Gasteiger partial charge in [0.1, 0.15) is 11.0 Å². The monoisotopic (exact) mass is 408 g/mol. The van der Waals surface area contributed by atoms with Crippen molar-refractivity contribution in [2.75, 3.05) is 0 Å². The molecule has 0 bridgehead atoms. The molecule has 1 aliphatic rings. The lowest BCUT2D eigenvalue weighted by atomic mass is 10.2. The Balaban J connectivity index is 2.14. The number of hydrogen-bond acceptors (Lipinski definition) is 2. The van der Waals surface area contributed by atoms with Crippen molar-refractivity contribution in [1.82, 2.24) is 9.97 Å². The van der Waals surface area contributed by atoms with Crippen LogP contribution in [-0.4, -0.2) is 9.97 Å². The molecule has 1 fully saturated rings. The second-order valence-electron chi connectivity index (χ2n) is 4.44. The minimum absolute atomic E-state index is 0.291. The van der Waals surface area contributed by atoms with Gasteiger partial charge < -0.3 is 0 Å². The zero-order valence-corrected chi connectivity index (χ0v) is 13.3. The van der Waals surface area contributed by atoms with Crippen LogP contribution in [0.4, 0.5) is 4.39 Å². The van der Waals surface area contributed by atoms with Crippen LogP contribution in [0.15, 0.2) is 18.2 Å². The third kappa shape index (κ3) is 2.71. The minimum Gasteiger partial charge on any atom is -0.232 e.